The molecular weight excluding hydrogens is 2280 g/mol. The molecule has 9 aromatic rings. The maximum atomic E-state index is 13.6. The first-order valence-electron chi connectivity index (χ1n) is 43.1. The smallest absolute Gasteiger partial charge is 0.383 e. The van der Waals surface area contributed by atoms with Gasteiger partial charge in [-0.3, -0.25) is 90.6 Å². The Hall–Kier alpha value is -6.46. The van der Waals surface area contributed by atoms with Gasteiger partial charge in [-0.05, 0) is 121 Å². The van der Waals surface area contributed by atoms with Crippen LogP contribution in [-0.2, 0) is 184 Å². The van der Waals surface area contributed by atoms with E-state index < -0.39 is 304 Å². The monoisotopic (exact) mass is 2370 g/mol. The highest BCUT2D eigenvalue weighted by Gasteiger charge is 2.52. The summed E-state index contributed by atoms with van der Waals surface area (Å²) >= 11 is 42.0. The van der Waals surface area contributed by atoms with Gasteiger partial charge in [0, 0.05) is 98.2 Å². The number of nitrogens with zero attached hydrogens (tertiary/aromatic N) is 12. The fourth-order valence-corrected chi connectivity index (χ4v) is 26.8. The molecule has 7 aliphatic heterocycles. The molecule has 16 rings (SSSR count). The number of aryl methyl sites for hydroxylation is 4. The molecule has 804 valence electrons. The number of aromatic amines is 6. The number of fused-ring (bicyclic) bond motifs is 2. The minimum atomic E-state index is -4.81. The van der Waals surface area contributed by atoms with Crippen LogP contribution in [0.4, 0.5) is 17.7 Å². The van der Waals surface area contributed by atoms with Crippen molar-refractivity contribution in [2.24, 2.45) is 0 Å². The average molecular weight is 2370 g/mol. The Labute approximate surface area is 862 Å². The summed E-state index contributed by atoms with van der Waals surface area (Å²) in [5.74, 6) is -0.897. The number of imidazole rings is 2. The van der Waals surface area contributed by atoms with Crippen molar-refractivity contribution in [2.45, 2.75) is 202 Å². The van der Waals surface area contributed by atoms with Crippen molar-refractivity contribution in [3.05, 3.63) is 187 Å². The zero-order chi connectivity index (χ0) is 106. The molecule has 0 aliphatic carbocycles. The third kappa shape index (κ3) is 27.7. The topological polar surface area (TPSA) is 832 Å². The molecule has 9 aromatic heterocycles. The molecule has 0 aromatic carbocycles. The van der Waals surface area contributed by atoms with Gasteiger partial charge in [-0.15, -0.1) is 4.52 Å². The van der Waals surface area contributed by atoms with E-state index in [0.717, 1.165) is 35.4 Å². The molecule has 0 spiro atoms. The average Bonchev–Trinajstić information content (AvgIpc) is 1.62. The molecule has 7 saturated heterocycles. The number of thiol groups is 1. The maximum absolute atomic E-state index is 13.6. The van der Waals surface area contributed by atoms with Crippen LogP contribution in [0.5, 0.6) is 0 Å². The lowest BCUT2D eigenvalue weighted by Gasteiger charge is -2.29. The van der Waals surface area contributed by atoms with Crippen molar-refractivity contribution in [1.82, 2.24) is 86.8 Å². The number of anilines is 3. The van der Waals surface area contributed by atoms with E-state index >= 15 is 0 Å². The maximum Gasteiger partial charge on any atom is 0.582 e. The summed E-state index contributed by atoms with van der Waals surface area (Å²) in [4.78, 5) is 269. The largest absolute Gasteiger partial charge is 0.582 e. The van der Waals surface area contributed by atoms with E-state index in [1.807, 2.05) is 0 Å². The first-order valence-corrected chi connectivity index (χ1v) is 63.6. The van der Waals surface area contributed by atoms with Gasteiger partial charge in [0.25, 0.3) is 33.4 Å². The molecule has 78 heteroatoms. The predicted octanol–water partition coefficient (Wildman–Crippen LogP) is -1.39. The number of rotatable bonds is 42. The van der Waals surface area contributed by atoms with Crippen LogP contribution in [0, 0.1) is 27.7 Å². The van der Waals surface area contributed by atoms with Crippen LogP contribution in [0.15, 0.2) is 102 Å². The van der Waals surface area contributed by atoms with Gasteiger partial charge in [0.15, 0.2) is 22.3 Å². The second-order valence-corrected chi connectivity index (χ2v) is 54.8. The van der Waals surface area contributed by atoms with E-state index in [2.05, 4.69) is 78.9 Å². The summed E-state index contributed by atoms with van der Waals surface area (Å²) in [6.45, 7) is -32.6. The van der Waals surface area contributed by atoms with Crippen LogP contribution in [0.2, 0.25) is 0 Å². The van der Waals surface area contributed by atoms with Gasteiger partial charge in [-0.2, -0.15) is 15.0 Å². The number of nitrogens with one attached hydrogen (secondary N) is 6. The molecule has 0 radical (unpaired) electrons. The Morgan fingerprint density at radius 1 is 0.361 bits per heavy atom. The zero-order valence-corrected chi connectivity index (χ0v) is 89.4. The van der Waals surface area contributed by atoms with Gasteiger partial charge in [0.05, 0.1) is 95.5 Å². The molecule has 62 nitrogen and oxygen atoms in total. The summed E-state index contributed by atoms with van der Waals surface area (Å²) in [5.41, 5.74) is 8.28. The molecule has 0 bridgehead atoms. The van der Waals surface area contributed by atoms with Gasteiger partial charge in [0.2, 0.25) is 11.9 Å². The lowest BCUT2D eigenvalue weighted by atomic mass is 10.2. The number of hydrogen-bond acceptors (Lipinski definition) is 48. The minimum absolute atomic E-state index is 0.0116. The Kier molecular flexibility index (Phi) is 35.0. The molecule has 16 heterocycles. The Morgan fingerprint density at radius 3 is 0.850 bits per heavy atom. The quantitative estimate of drug-likeness (QED) is 0.0155. The van der Waals surface area contributed by atoms with E-state index in [1.165, 1.54) is 74.0 Å². The van der Waals surface area contributed by atoms with Crippen LogP contribution in [-0.4, -0.2) is 258 Å². The van der Waals surface area contributed by atoms with Gasteiger partial charge < -0.3 is 148 Å². The van der Waals surface area contributed by atoms with Crippen LogP contribution >= 0.6 is 66.5 Å². The number of aromatic nitrogens is 18. The lowest BCUT2D eigenvalue weighted by molar-refractivity contribution is -0.0577. The van der Waals surface area contributed by atoms with Crippen molar-refractivity contribution in [1.29, 1.82) is 0 Å². The SMILES string of the molecule is Cc1cn([C@H]2CC(O[P+](=O)S)[C@@H](COP(O)(=S)OC3C[C@H](n4cc(C)c(=O)[nH]c4=O)O[C@@H]3COP(O)(=S)OC3C[C@H](n4cnc5c(=O)[nH]c(N)nc54)O[C@@H]3COP(O)(=S)OC3C[C@H](n4ccc(N)nc4=O)O[C@@H]3COP(O)(=S)OC3C[C@H](n4cc(C)c(=O)[nH]c4=O)O[C@@H]3COP(O)(=S)OC3C[C@H](n4cnc5c(=O)[nH]c(N)nc54)O[C@@H]3COP(O)(=S)OC3C[C@H](n4cc(C)c(=O)[nH]c4=O)O[C@@H]3COP(O)(O)=S)O2)c(=O)[nH]c1=O. The minimum Gasteiger partial charge on any atom is -0.383 e. The standard InChI is InChI=1S/C69H89N21O41P8S8/c1-27-14-85(66(98)80-57(27)91)47-7-31(125-132(102)140)38(118-47)19-112-134(105,142)128-34-10-49(87-16-29(3)59(93)82-68(87)100)121-41(34)21-114-138(109,146)130-36-12-51(89-25-73-53-55(89)76-63(71)78-61(53)95)123-43(36)23-116-135(106,143)126-32-8-46(84-6-5-45(70)75-65(84)97)119-40(32)20-113-137(108,145)129-35-11-50(88-17-30(4)60(94)83-69(88)101)122-42(35)22-115-139(110,147)131-37-13-52(90-26-74-54-56(90)77-64(72)79-62(54)96)124-44(37)24-117-136(107,144)127-33-9-48(120-39(33)18-111-133(103,104)141)86-15-28(2)58(92)81-67(86)99/h5-6,14-17,25-26,31-44,46-52H,7-13,18-24H2,1-4H3,(H20-,70,71,72,75,76,77,78,79,80,81,82,83,91,92,93,94,95,96,97,98,99,100,101,102,103,104,105,106,107,108,109,110,140,141,142,143,144,145,146,147)/p+1/t31?,32?,33?,34?,35?,36?,37?,38-,39-,40-,41-,42-,43-,44-,46-,47-,48-,49-,50-,51-,52-,134?,135?,136?,137?,138?,139?/m1/s1. The Bertz CT molecular complexity index is 7660. The van der Waals surface area contributed by atoms with Gasteiger partial charge in [0.1, 0.15) is 110 Å². The van der Waals surface area contributed by atoms with Gasteiger partial charge >= 0.3 is 82.7 Å². The zero-order valence-electron chi connectivity index (χ0n) is 75.7. The fraction of sp³-hybridized carbons (Fsp3) is 0.565. The van der Waals surface area contributed by atoms with Crippen molar-refractivity contribution >= 4 is 189 Å². The highest BCUT2D eigenvalue weighted by Crippen LogP contribution is 2.59. The van der Waals surface area contributed by atoms with E-state index in [0.29, 0.717) is 0 Å². The van der Waals surface area contributed by atoms with E-state index in [-0.39, 0.29) is 94.4 Å². The molecule has 20 N–H and O–H groups in total. The van der Waals surface area contributed by atoms with Crippen molar-refractivity contribution in [2.75, 3.05) is 63.4 Å². The van der Waals surface area contributed by atoms with Crippen LogP contribution in [0.1, 0.15) is 111 Å². The van der Waals surface area contributed by atoms with Crippen LogP contribution in [0.25, 0.3) is 22.3 Å². The summed E-state index contributed by atoms with van der Waals surface area (Å²) in [7, 11) is -2.62. The van der Waals surface area contributed by atoms with E-state index in [1.54, 1.807) is 0 Å². The molecule has 0 saturated carbocycles. The third-order valence-electron chi connectivity index (χ3n) is 23.4. The molecular formula is C69H90N21O41P8S8+. The Balaban J connectivity index is 0.610. The molecule has 147 heavy (non-hydrogen) atoms. The van der Waals surface area contributed by atoms with Crippen molar-refractivity contribution in [3.63, 3.8) is 0 Å². The number of nitrogens with two attached hydrogens (primary N) is 3. The Morgan fingerprint density at radius 2 is 0.599 bits per heavy atom. The summed E-state index contributed by atoms with van der Waals surface area (Å²) in [6.07, 6.45) is -23.5. The normalized spacial score (nSPS) is 29.1. The third-order valence-corrected chi connectivity index (χ3v) is 34.5. The first kappa shape index (κ1) is 113. The summed E-state index contributed by atoms with van der Waals surface area (Å²) in [6, 6.07) is 1.24. The molecule has 7 aliphatic rings. The van der Waals surface area contributed by atoms with Gasteiger partial charge in [-0.25, -0.2) is 33.9 Å². The molecule has 7 fully saturated rings. The summed E-state index contributed by atoms with van der Waals surface area (Å²) < 4.78 is 146. The first-order chi connectivity index (χ1) is 68.9. The van der Waals surface area contributed by atoms with Crippen molar-refractivity contribution in [3.8, 4) is 0 Å². The molecule has 14 unspecified atom stereocenters. The molecule has 28 atom stereocenters. The summed E-state index contributed by atoms with van der Waals surface area (Å²) in [5, 5.41) is 0. The number of nitrogen functional groups attached to an aromatic ring is 3. The number of H-pyrrole nitrogens is 6. The van der Waals surface area contributed by atoms with Crippen LogP contribution < -0.4 is 79.0 Å². The van der Waals surface area contributed by atoms with E-state index in [9.17, 15) is 96.5 Å². The number of hydrogen-bond donors (Lipinski definition) is 18. The second kappa shape index (κ2) is 45.5. The molecule has 0 amide bonds. The van der Waals surface area contributed by atoms with Crippen LogP contribution in [0.3, 0.4) is 0 Å². The van der Waals surface area contributed by atoms with Crippen molar-refractivity contribution < 1.29 is 140 Å². The van der Waals surface area contributed by atoms with Gasteiger partial charge in [-0.1, -0.05) is 0 Å². The fourth-order valence-electron chi connectivity index (χ4n) is 16.6. The predicted molar refractivity (Wildman–Crippen MR) is 532 cm³/mol. The highest BCUT2D eigenvalue weighted by atomic mass is 32.7. The highest BCUT2D eigenvalue weighted by molar-refractivity contribution is 8.39. The van der Waals surface area contributed by atoms with E-state index in [4.69, 9.17) is 185 Å². The second-order valence-electron chi connectivity index (χ2n) is 33.7. The lowest BCUT2D eigenvalue weighted by Crippen LogP contribution is -2.33. The number of ether oxygens (including phenoxy) is 7.